The summed E-state index contributed by atoms with van der Waals surface area (Å²) in [7, 11) is 0. The number of nitrogens with two attached hydrogens (primary N) is 1. The van der Waals surface area contributed by atoms with Gasteiger partial charge in [-0.15, -0.1) is 0 Å². The maximum absolute atomic E-state index is 11.5. The van der Waals surface area contributed by atoms with Crippen molar-refractivity contribution >= 4 is 0 Å². The van der Waals surface area contributed by atoms with E-state index in [2.05, 4.69) is 0 Å². The van der Waals surface area contributed by atoms with E-state index >= 15 is 0 Å². The highest BCUT2D eigenvalue weighted by molar-refractivity contribution is 4.97. The van der Waals surface area contributed by atoms with Crippen molar-refractivity contribution < 1.29 is 50.0 Å². The third-order valence-electron chi connectivity index (χ3n) is 4.03. The Labute approximate surface area is 131 Å². The molecule has 0 aromatic rings. The van der Waals surface area contributed by atoms with E-state index < -0.39 is 68.1 Å². The first-order valence-electron chi connectivity index (χ1n) is 7.11. The van der Waals surface area contributed by atoms with Crippen LogP contribution >= 0.6 is 0 Å². The van der Waals surface area contributed by atoms with Crippen LogP contribution in [0.1, 0.15) is 6.42 Å². The third kappa shape index (κ3) is 3.65. The van der Waals surface area contributed by atoms with Crippen molar-refractivity contribution in [1.29, 1.82) is 0 Å². The van der Waals surface area contributed by atoms with Gasteiger partial charge in [0.25, 0.3) is 0 Å². The van der Waals surface area contributed by atoms with Gasteiger partial charge in [0.05, 0.1) is 19.3 Å². The lowest BCUT2D eigenvalue weighted by Gasteiger charge is -2.46. The van der Waals surface area contributed by atoms with Gasteiger partial charge in [-0.3, -0.25) is 5.73 Å². The van der Waals surface area contributed by atoms with Gasteiger partial charge in [0, 0.05) is 6.42 Å². The third-order valence-corrected chi connectivity index (χ3v) is 4.03. The van der Waals surface area contributed by atoms with E-state index in [0.29, 0.717) is 0 Å². The molecular weight excluding hydrogens is 318 g/mol. The Balaban J connectivity index is 2.10. The van der Waals surface area contributed by atoms with Crippen LogP contribution in [0, 0.1) is 0 Å². The molecule has 9 atom stereocenters. The van der Waals surface area contributed by atoms with Crippen LogP contribution in [-0.4, -0.2) is 98.8 Å². The second-order valence-corrected chi connectivity index (χ2v) is 5.70. The Hall–Kier alpha value is -0.440. The van der Waals surface area contributed by atoms with Crippen molar-refractivity contribution in [1.82, 2.24) is 0 Å². The minimum atomic E-state index is -2.65. The summed E-state index contributed by atoms with van der Waals surface area (Å²) in [5.74, 6) is 0. The van der Waals surface area contributed by atoms with Gasteiger partial charge >= 0.3 is 0 Å². The van der Waals surface area contributed by atoms with Gasteiger partial charge in [0.2, 0.25) is 6.29 Å². The summed E-state index contributed by atoms with van der Waals surface area (Å²) in [5, 5.41) is 69.0. The minimum absolute atomic E-state index is 0.206. The van der Waals surface area contributed by atoms with Gasteiger partial charge < -0.3 is 44.8 Å². The van der Waals surface area contributed by atoms with E-state index in [1.54, 1.807) is 0 Å². The van der Waals surface area contributed by atoms with E-state index in [1.807, 2.05) is 0 Å². The molecule has 0 aromatic heterocycles. The predicted molar refractivity (Wildman–Crippen MR) is 68.8 cm³/mol. The molecule has 11 nitrogen and oxygen atoms in total. The quantitative estimate of drug-likeness (QED) is 0.244. The van der Waals surface area contributed by atoms with Gasteiger partial charge in [-0.25, -0.2) is 0 Å². The van der Waals surface area contributed by atoms with Crippen LogP contribution in [0.2, 0.25) is 0 Å². The second-order valence-electron chi connectivity index (χ2n) is 5.70. The zero-order chi connectivity index (χ0) is 17.4. The van der Waals surface area contributed by atoms with Gasteiger partial charge in [-0.2, -0.15) is 5.11 Å². The Kier molecular flexibility index (Phi) is 5.92. The number of hydrogen-bond acceptors (Lipinski definition) is 10. The minimum Gasteiger partial charge on any atom is -0.394 e. The molecule has 2 saturated heterocycles. The molecule has 2 aliphatic rings. The number of ether oxygens (including phenoxy) is 3. The van der Waals surface area contributed by atoms with Gasteiger partial charge in [0.15, 0.2) is 12.0 Å². The molecular formula is C12H22NO10. The summed E-state index contributed by atoms with van der Waals surface area (Å²) in [6.45, 7) is -1.29. The normalized spacial score (nSPS) is 51.7. The fraction of sp³-hybridized carbons (Fsp3) is 1.00. The van der Waals surface area contributed by atoms with Crippen LogP contribution in [-0.2, 0) is 19.3 Å². The number of aliphatic hydroxyl groups is 6. The lowest BCUT2D eigenvalue weighted by atomic mass is 9.94. The molecule has 2 aliphatic heterocycles. The summed E-state index contributed by atoms with van der Waals surface area (Å²) in [5.41, 5.74) is 2.66. The van der Waals surface area contributed by atoms with E-state index in [9.17, 15) is 30.6 Å². The second kappa shape index (κ2) is 7.21. The topological polar surface area (TPSA) is 195 Å². The molecule has 11 heteroatoms. The lowest BCUT2D eigenvalue weighted by Crippen LogP contribution is -2.71. The van der Waals surface area contributed by atoms with Crippen LogP contribution in [0.15, 0.2) is 0 Å². The Morgan fingerprint density at radius 1 is 1.13 bits per heavy atom. The summed E-state index contributed by atoms with van der Waals surface area (Å²) in [6.07, 6.45) is -11.9. The van der Waals surface area contributed by atoms with E-state index in [1.165, 1.54) is 0 Å². The number of hydrogen-bond donors (Lipinski definition) is 7. The predicted octanol–water partition coefficient (Wildman–Crippen LogP) is -4.64. The average molecular weight is 340 g/mol. The number of aliphatic hydroxyl groups excluding tert-OH is 5. The zero-order valence-electron chi connectivity index (χ0n) is 12.1. The zero-order valence-corrected chi connectivity index (χ0v) is 12.1. The molecule has 0 amide bonds. The Morgan fingerprint density at radius 2 is 1.74 bits per heavy atom. The largest absolute Gasteiger partial charge is 0.394 e. The molecule has 2 fully saturated rings. The molecule has 0 bridgehead atoms. The van der Waals surface area contributed by atoms with Gasteiger partial charge in [-0.05, 0) is 0 Å². The fourth-order valence-corrected chi connectivity index (χ4v) is 2.59. The molecule has 8 N–H and O–H groups in total. The Bertz CT molecular complexity index is 396. The fourth-order valence-electron chi connectivity index (χ4n) is 2.59. The average Bonchev–Trinajstić information content (AvgIpc) is 2.51. The highest BCUT2D eigenvalue weighted by Gasteiger charge is 2.55. The SMILES string of the molecule is N[C@]1(O)C([O])O[C@H](CO)[C@@H](O[C@H]2C[C@@H](O)[C@@H](O)[C@@H](CO)O2)[C@@H]1O. The van der Waals surface area contributed by atoms with Crippen LogP contribution in [0.5, 0.6) is 0 Å². The van der Waals surface area contributed by atoms with Crippen LogP contribution in [0.3, 0.4) is 0 Å². The summed E-state index contributed by atoms with van der Waals surface area (Å²) < 4.78 is 15.4. The monoisotopic (exact) mass is 340 g/mol. The van der Waals surface area contributed by atoms with Gasteiger partial charge in [-0.1, -0.05) is 0 Å². The first kappa shape index (κ1) is 18.9. The molecule has 0 saturated carbocycles. The smallest absolute Gasteiger partial charge is 0.237 e. The highest BCUT2D eigenvalue weighted by Crippen LogP contribution is 2.30. The van der Waals surface area contributed by atoms with Crippen LogP contribution in [0.25, 0.3) is 0 Å². The maximum atomic E-state index is 11.5. The van der Waals surface area contributed by atoms with Crippen molar-refractivity contribution in [2.45, 2.75) is 61.3 Å². The Morgan fingerprint density at radius 3 is 2.30 bits per heavy atom. The van der Waals surface area contributed by atoms with Crippen molar-refractivity contribution in [3.8, 4) is 0 Å². The van der Waals surface area contributed by atoms with Crippen molar-refractivity contribution in [2.24, 2.45) is 5.73 Å². The summed E-state index contributed by atoms with van der Waals surface area (Å²) in [6, 6.07) is 0. The van der Waals surface area contributed by atoms with Crippen molar-refractivity contribution in [3.63, 3.8) is 0 Å². The molecule has 2 rings (SSSR count). The molecule has 23 heavy (non-hydrogen) atoms. The lowest BCUT2D eigenvalue weighted by molar-refractivity contribution is -0.371. The van der Waals surface area contributed by atoms with Crippen LogP contribution in [0.4, 0.5) is 0 Å². The molecule has 1 unspecified atom stereocenters. The molecule has 0 spiro atoms. The molecule has 0 aliphatic carbocycles. The molecule has 135 valence electrons. The van der Waals surface area contributed by atoms with E-state index in [0.717, 1.165) is 0 Å². The molecule has 0 aromatic carbocycles. The first-order chi connectivity index (χ1) is 10.7. The molecule has 2 heterocycles. The van der Waals surface area contributed by atoms with Crippen molar-refractivity contribution in [2.75, 3.05) is 13.2 Å². The molecule has 1 radical (unpaired) electrons. The highest BCUT2D eigenvalue weighted by atomic mass is 16.7. The summed E-state index contributed by atoms with van der Waals surface area (Å²) >= 11 is 0. The van der Waals surface area contributed by atoms with Gasteiger partial charge in [0.1, 0.15) is 30.5 Å². The summed E-state index contributed by atoms with van der Waals surface area (Å²) in [4.78, 5) is 0. The first-order valence-corrected chi connectivity index (χ1v) is 7.11. The number of rotatable bonds is 4. The standard InChI is InChI=1S/C12H22NO10/c13-12(20)10(18)9(6(3-15)22-11(12)19)23-7-1-4(16)8(17)5(2-14)21-7/h4-11,14-18,20H,1-3,13H2/t4-,5-,6-,7+,8-,9-,10+,11?,12-/m1/s1. The van der Waals surface area contributed by atoms with E-state index in [4.69, 9.17) is 25.1 Å². The maximum Gasteiger partial charge on any atom is 0.237 e. The van der Waals surface area contributed by atoms with Crippen molar-refractivity contribution in [3.05, 3.63) is 0 Å². The van der Waals surface area contributed by atoms with E-state index in [-0.39, 0.29) is 6.42 Å². The van der Waals surface area contributed by atoms with Crippen LogP contribution < -0.4 is 5.73 Å².